The van der Waals surface area contributed by atoms with Crippen LogP contribution < -0.4 is 5.32 Å². The van der Waals surface area contributed by atoms with E-state index in [0.29, 0.717) is 0 Å². The molecule has 0 saturated heterocycles. The summed E-state index contributed by atoms with van der Waals surface area (Å²) in [7, 11) is 0. The van der Waals surface area contributed by atoms with Gasteiger partial charge in [-0.15, -0.1) is 5.10 Å². The van der Waals surface area contributed by atoms with Crippen LogP contribution in [0.25, 0.3) is 0 Å². The molecular weight excluding hydrogens is 216 g/mol. The van der Waals surface area contributed by atoms with E-state index in [2.05, 4.69) is 27.7 Å². The van der Waals surface area contributed by atoms with Crippen LogP contribution in [-0.4, -0.2) is 31.3 Å². The molecule has 2 rings (SSSR count). The lowest BCUT2D eigenvalue weighted by atomic mass is 10.4. The van der Waals surface area contributed by atoms with Gasteiger partial charge in [-0.1, -0.05) is 12.1 Å². The Kier molecular flexibility index (Phi) is 4.26. The van der Waals surface area contributed by atoms with E-state index in [-0.39, 0.29) is 0 Å². The van der Waals surface area contributed by atoms with Gasteiger partial charge in [0.2, 0.25) is 0 Å². The predicted molar refractivity (Wildman–Crippen MR) is 64.2 cm³/mol. The average Bonchev–Trinajstić information content (AvgIpc) is 2.98. The van der Waals surface area contributed by atoms with Crippen LogP contribution in [0.3, 0.4) is 0 Å². The molecule has 2 aromatic rings. The van der Waals surface area contributed by atoms with Crippen molar-refractivity contribution >= 4 is 0 Å². The van der Waals surface area contributed by atoms with E-state index in [1.807, 2.05) is 27.8 Å². The van der Waals surface area contributed by atoms with E-state index >= 15 is 0 Å². The molecule has 6 heteroatoms. The number of rotatable bonds is 7. The molecule has 0 bridgehead atoms. The maximum atomic E-state index is 4.14. The van der Waals surface area contributed by atoms with Crippen molar-refractivity contribution in [2.45, 2.75) is 33.0 Å². The van der Waals surface area contributed by atoms with E-state index in [4.69, 9.17) is 0 Å². The highest BCUT2D eigenvalue weighted by atomic mass is 15.4. The lowest BCUT2D eigenvalue weighted by Crippen LogP contribution is -2.14. The van der Waals surface area contributed by atoms with Gasteiger partial charge in [0.05, 0.1) is 18.8 Å². The Hall–Kier alpha value is -1.69. The van der Waals surface area contributed by atoms with Crippen LogP contribution in [0, 0.1) is 0 Å². The van der Waals surface area contributed by atoms with E-state index in [9.17, 15) is 0 Å². The summed E-state index contributed by atoms with van der Waals surface area (Å²) in [6.45, 7) is 5.56. The van der Waals surface area contributed by atoms with Gasteiger partial charge in [-0.05, 0) is 19.0 Å². The van der Waals surface area contributed by atoms with Crippen molar-refractivity contribution in [2.75, 3.05) is 6.54 Å². The largest absolute Gasteiger partial charge is 0.311 e. The van der Waals surface area contributed by atoms with Gasteiger partial charge in [-0.25, -0.2) is 0 Å². The maximum absolute atomic E-state index is 4.14. The summed E-state index contributed by atoms with van der Waals surface area (Å²) in [6.07, 6.45) is 6.83. The third kappa shape index (κ3) is 3.67. The smallest absolute Gasteiger partial charge is 0.0964 e. The SMILES string of the molecule is CCCNCc1cn(CCn2cccn2)nn1. The van der Waals surface area contributed by atoms with Gasteiger partial charge in [0, 0.05) is 25.1 Å². The Balaban J connectivity index is 1.77. The molecule has 0 spiro atoms. The van der Waals surface area contributed by atoms with Gasteiger partial charge in [-0.2, -0.15) is 5.10 Å². The Morgan fingerprint density at radius 3 is 2.94 bits per heavy atom. The molecular formula is C11H18N6. The zero-order valence-electron chi connectivity index (χ0n) is 10.1. The monoisotopic (exact) mass is 234 g/mol. The predicted octanol–water partition coefficient (Wildman–Crippen LogP) is 0.674. The molecule has 17 heavy (non-hydrogen) atoms. The summed E-state index contributed by atoms with van der Waals surface area (Å²) in [4.78, 5) is 0. The molecule has 2 heterocycles. The molecule has 0 aliphatic heterocycles. The normalized spacial score (nSPS) is 10.9. The first-order valence-corrected chi connectivity index (χ1v) is 5.95. The third-order valence-electron chi connectivity index (χ3n) is 2.44. The second-order valence-corrected chi connectivity index (χ2v) is 3.92. The number of aryl methyl sites for hydroxylation is 2. The van der Waals surface area contributed by atoms with Crippen LogP contribution in [0.1, 0.15) is 19.0 Å². The van der Waals surface area contributed by atoms with Crippen molar-refractivity contribution in [3.8, 4) is 0 Å². The van der Waals surface area contributed by atoms with E-state index in [1.165, 1.54) is 0 Å². The zero-order chi connectivity index (χ0) is 11.9. The molecule has 0 aliphatic rings. The Labute approximate surface area is 101 Å². The molecule has 6 nitrogen and oxygen atoms in total. The summed E-state index contributed by atoms with van der Waals surface area (Å²) < 4.78 is 3.74. The zero-order valence-corrected chi connectivity index (χ0v) is 10.1. The molecule has 0 aromatic carbocycles. The van der Waals surface area contributed by atoms with Crippen molar-refractivity contribution < 1.29 is 0 Å². The van der Waals surface area contributed by atoms with Gasteiger partial charge < -0.3 is 5.32 Å². The topological polar surface area (TPSA) is 60.6 Å². The van der Waals surface area contributed by atoms with Crippen molar-refractivity contribution in [3.63, 3.8) is 0 Å². The second-order valence-electron chi connectivity index (χ2n) is 3.92. The van der Waals surface area contributed by atoms with Crippen LogP contribution in [-0.2, 0) is 19.6 Å². The van der Waals surface area contributed by atoms with Crippen molar-refractivity contribution in [1.82, 2.24) is 30.1 Å². The standard InChI is InChI=1S/C11H18N6/c1-2-4-12-9-11-10-17(15-14-11)8-7-16-6-3-5-13-16/h3,5-6,10,12H,2,4,7-9H2,1H3. The summed E-state index contributed by atoms with van der Waals surface area (Å²) in [5.74, 6) is 0. The number of nitrogens with one attached hydrogen (secondary N) is 1. The fourth-order valence-corrected chi connectivity index (χ4v) is 1.56. The Morgan fingerprint density at radius 1 is 1.29 bits per heavy atom. The molecule has 0 aliphatic carbocycles. The van der Waals surface area contributed by atoms with Crippen molar-refractivity contribution in [1.29, 1.82) is 0 Å². The molecule has 0 fully saturated rings. The quantitative estimate of drug-likeness (QED) is 0.715. The van der Waals surface area contributed by atoms with E-state index in [1.54, 1.807) is 6.20 Å². The molecule has 0 amide bonds. The number of hydrogen-bond donors (Lipinski definition) is 1. The fourth-order valence-electron chi connectivity index (χ4n) is 1.56. The highest BCUT2D eigenvalue weighted by Gasteiger charge is 2.00. The highest BCUT2D eigenvalue weighted by molar-refractivity contribution is 4.91. The van der Waals surface area contributed by atoms with Crippen LogP contribution in [0.5, 0.6) is 0 Å². The van der Waals surface area contributed by atoms with Gasteiger partial charge in [0.25, 0.3) is 0 Å². The number of aromatic nitrogens is 5. The third-order valence-corrected chi connectivity index (χ3v) is 2.44. The number of nitrogens with zero attached hydrogens (tertiary/aromatic N) is 5. The first-order chi connectivity index (χ1) is 8.38. The lowest BCUT2D eigenvalue weighted by molar-refractivity contribution is 0.490. The highest BCUT2D eigenvalue weighted by Crippen LogP contribution is 1.94. The van der Waals surface area contributed by atoms with Crippen LogP contribution in [0.4, 0.5) is 0 Å². The summed E-state index contributed by atoms with van der Waals surface area (Å²) in [5.41, 5.74) is 0.985. The van der Waals surface area contributed by atoms with Crippen molar-refractivity contribution in [3.05, 3.63) is 30.4 Å². The van der Waals surface area contributed by atoms with Crippen LogP contribution in [0.2, 0.25) is 0 Å². The van der Waals surface area contributed by atoms with Crippen LogP contribution >= 0.6 is 0 Å². The maximum Gasteiger partial charge on any atom is 0.0964 e. The molecule has 0 saturated carbocycles. The average molecular weight is 234 g/mol. The van der Waals surface area contributed by atoms with Crippen molar-refractivity contribution in [2.24, 2.45) is 0 Å². The summed E-state index contributed by atoms with van der Waals surface area (Å²) in [6, 6.07) is 1.92. The van der Waals surface area contributed by atoms with Gasteiger partial charge in [0.1, 0.15) is 0 Å². The molecule has 1 N–H and O–H groups in total. The fraction of sp³-hybridized carbons (Fsp3) is 0.545. The molecule has 0 radical (unpaired) electrons. The van der Waals surface area contributed by atoms with E-state index < -0.39 is 0 Å². The van der Waals surface area contributed by atoms with E-state index in [0.717, 1.165) is 38.3 Å². The molecule has 92 valence electrons. The Morgan fingerprint density at radius 2 is 2.18 bits per heavy atom. The minimum Gasteiger partial charge on any atom is -0.311 e. The van der Waals surface area contributed by atoms with Gasteiger partial charge in [0.15, 0.2) is 0 Å². The molecule has 0 unspecified atom stereocenters. The first-order valence-electron chi connectivity index (χ1n) is 5.95. The minimum absolute atomic E-state index is 0.787. The van der Waals surface area contributed by atoms with Crippen LogP contribution in [0.15, 0.2) is 24.7 Å². The summed E-state index contributed by atoms with van der Waals surface area (Å²) in [5, 5.41) is 15.6. The number of hydrogen-bond acceptors (Lipinski definition) is 4. The Bertz CT molecular complexity index is 419. The second kappa shape index (κ2) is 6.15. The minimum atomic E-state index is 0.787. The van der Waals surface area contributed by atoms with Gasteiger partial charge >= 0.3 is 0 Å². The lowest BCUT2D eigenvalue weighted by Gasteiger charge is -2.00. The summed E-state index contributed by atoms with van der Waals surface area (Å²) >= 11 is 0. The first kappa shape index (κ1) is 11.8. The molecule has 0 atom stereocenters. The molecule has 2 aromatic heterocycles. The van der Waals surface area contributed by atoms with Gasteiger partial charge in [-0.3, -0.25) is 9.36 Å².